The van der Waals surface area contributed by atoms with Gasteiger partial charge in [-0.15, -0.1) is 24.8 Å². The molecule has 27 heavy (non-hydrogen) atoms. The van der Waals surface area contributed by atoms with E-state index in [1.54, 1.807) is 6.92 Å². The SMILES string of the molecule is Cc1cc(C)n(CC2CN(C(=O)C(C)(N)c3ccccc3)CCO2)n1.Cl.Cl. The second-order valence-corrected chi connectivity index (χ2v) is 6.92. The number of rotatable bonds is 4. The third-order valence-electron chi connectivity index (χ3n) is 4.72. The molecule has 1 aromatic carbocycles. The number of hydrogen-bond acceptors (Lipinski definition) is 4. The van der Waals surface area contributed by atoms with Crippen molar-refractivity contribution in [3.05, 3.63) is 53.3 Å². The zero-order valence-corrected chi connectivity index (χ0v) is 17.6. The van der Waals surface area contributed by atoms with Crippen molar-refractivity contribution < 1.29 is 9.53 Å². The van der Waals surface area contributed by atoms with Gasteiger partial charge in [-0.1, -0.05) is 30.3 Å². The van der Waals surface area contributed by atoms with Crippen molar-refractivity contribution in [3.63, 3.8) is 0 Å². The van der Waals surface area contributed by atoms with E-state index < -0.39 is 5.54 Å². The summed E-state index contributed by atoms with van der Waals surface area (Å²) in [5.41, 5.74) is 8.25. The van der Waals surface area contributed by atoms with Gasteiger partial charge in [-0.2, -0.15) is 5.10 Å². The van der Waals surface area contributed by atoms with Crippen LogP contribution in [-0.2, 0) is 21.6 Å². The monoisotopic (exact) mass is 414 g/mol. The van der Waals surface area contributed by atoms with E-state index in [2.05, 4.69) is 5.10 Å². The third-order valence-corrected chi connectivity index (χ3v) is 4.72. The molecule has 150 valence electrons. The summed E-state index contributed by atoms with van der Waals surface area (Å²) in [5.74, 6) is -0.0691. The molecule has 1 saturated heterocycles. The van der Waals surface area contributed by atoms with Gasteiger partial charge in [0.2, 0.25) is 5.91 Å². The Morgan fingerprint density at radius 3 is 2.56 bits per heavy atom. The maximum atomic E-state index is 13.0. The first-order valence-electron chi connectivity index (χ1n) is 8.64. The van der Waals surface area contributed by atoms with Gasteiger partial charge in [0.1, 0.15) is 5.54 Å². The van der Waals surface area contributed by atoms with Gasteiger partial charge in [0.25, 0.3) is 0 Å². The fourth-order valence-electron chi connectivity index (χ4n) is 3.30. The van der Waals surface area contributed by atoms with Gasteiger partial charge < -0.3 is 15.4 Å². The number of hydrogen-bond donors (Lipinski definition) is 1. The van der Waals surface area contributed by atoms with Crippen LogP contribution >= 0.6 is 24.8 Å². The molecule has 0 saturated carbocycles. The minimum atomic E-state index is -1.04. The maximum Gasteiger partial charge on any atom is 0.247 e. The van der Waals surface area contributed by atoms with Crippen LogP contribution in [0, 0.1) is 13.8 Å². The topological polar surface area (TPSA) is 73.4 Å². The molecule has 2 heterocycles. The molecule has 2 atom stereocenters. The number of halogens is 2. The van der Waals surface area contributed by atoms with Gasteiger partial charge >= 0.3 is 0 Å². The lowest BCUT2D eigenvalue weighted by atomic mass is 9.91. The van der Waals surface area contributed by atoms with Gasteiger partial charge in [-0.3, -0.25) is 9.48 Å². The zero-order valence-electron chi connectivity index (χ0n) is 15.9. The summed E-state index contributed by atoms with van der Waals surface area (Å²) in [6.45, 7) is 8.01. The first kappa shape index (κ1) is 23.4. The molecule has 1 aliphatic heterocycles. The first-order chi connectivity index (χ1) is 11.9. The van der Waals surface area contributed by atoms with Crippen LogP contribution in [0.2, 0.25) is 0 Å². The van der Waals surface area contributed by atoms with Gasteiger partial charge in [0, 0.05) is 18.8 Å². The quantitative estimate of drug-likeness (QED) is 0.833. The van der Waals surface area contributed by atoms with Crippen LogP contribution in [0.3, 0.4) is 0 Å². The molecule has 1 aliphatic rings. The number of nitrogens with zero attached hydrogens (tertiary/aromatic N) is 3. The van der Waals surface area contributed by atoms with Gasteiger partial charge in [0.05, 0.1) is 24.9 Å². The van der Waals surface area contributed by atoms with Gasteiger partial charge in [0.15, 0.2) is 0 Å². The predicted octanol–water partition coefficient (Wildman–Crippen LogP) is 2.45. The van der Waals surface area contributed by atoms with Crippen LogP contribution in [0.4, 0.5) is 0 Å². The average Bonchev–Trinajstić information content (AvgIpc) is 2.92. The molecular weight excluding hydrogens is 387 g/mol. The Bertz CT molecular complexity index is 749. The Morgan fingerprint density at radius 2 is 1.96 bits per heavy atom. The van der Waals surface area contributed by atoms with E-state index >= 15 is 0 Å². The van der Waals surface area contributed by atoms with Gasteiger partial charge in [-0.05, 0) is 32.4 Å². The van der Waals surface area contributed by atoms with E-state index in [1.165, 1.54) is 0 Å². The zero-order chi connectivity index (χ0) is 18.0. The van der Waals surface area contributed by atoms with E-state index in [-0.39, 0.29) is 36.8 Å². The fraction of sp³-hybridized carbons (Fsp3) is 0.474. The first-order valence-corrected chi connectivity index (χ1v) is 8.64. The number of aromatic nitrogens is 2. The number of nitrogens with two attached hydrogens (primary N) is 1. The standard InChI is InChI=1S/C19H26N4O2.2ClH/c1-14-11-15(2)23(21-14)13-17-12-22(9-10-25-17)18(24)19(3,20)16-7-5-4-6-8-16;;/h4-8,11,17H,9-10,12-13,20H2,1-3H3;2*1H. The number of ether oxygens (including phenoxy) is 1. The Labute approximate surface area is 172 Å². The molecule has 0 spiro atoms. The lowest BCUT2D eigenvalue weighted by Crippen LogP contribution is -2.56. The lowest BCUT2D eigenvalue weighted by Gasteiger charge is -2.37. The largest absolute Gasteiger partial charge is 0.373 e. The number of amides is 1. The molecule has 3 rings (SSSR count). The van der Waals surface area contributed by atoms with Crippen molar-refractivity contribution in [2.75, 3.05) is 19.7 Å². The molecule has 2 unspecified atom stereocenters. The van der Waals surface area contributed by atoms with Crippen molar-refractivity contribution in [1.29, 1.82) is 0 Å². The minimum Gasteiger partial charge on any atom is -0.373 e. The summed E-state index contributed by atoms with van der Waals surface area (Å²) < 4.78 is 7.79. The van der Waals surface area contributed by atoms with Crippen LogP contribution in [0.5, 0.6) is 0 Å². The van der Waals surface area contributed by atoms with Crippen molar-refractivity contribution in [2.24, 2.45) is 5.73 Å². The van der Waals surface area contributed by atoms with Crippen LogP contribution in [0.25, 0.3) is 0 Å². The number of carbonyl (C=O) groups excluding carboxylic acids is 1. The highest BCUT2D eigenvalue weighted by Gasteiger charge is 2.36. The van der Waals surface area contributed by atoms with Gasteiger partial charge in [-0.25, -0.2) is 0 Å². The van der Waals surface area contributed by atoms with Crippen LogP contribution in [-0.4, -0.2) is 46.4 Å². The summed E-state index contributed by atoms with van der Waals surface area (Å²) in [6, 6.07) is 11.6. The molecule has 0 aliphatic carbocycles. The Hall–Kier alpha value is -1.60. The summed E-state index contributed by atoms with van der Waals surface area (Å²) in [5, 5.41) is 4.48. The molecule has 8 heteroatoms. The van der Waals surface area contributed by atoms with Crippen LogP contribution in [0.1, 0.15) is 23.9 Å². The molecule has 1 fully saturated rings. The molecule has 6 nitrogen and oxygen atoms in total. The van der Waals surface area contributed by atoms with Crippen LogP contribution < -0.4 is 5.73 Å². The minimum absolute atomic E-state index is 0. The smallest absolute Gasteiger partial charge is 0.247 e. The van der Waals surface area contributed by atoms with Crippen LogP contribution in [0.15, 0.2) is 36.4 Å². The Kier molecular flexibility index (Phi) is 8.29. The van der Waals surface area contributed by atoms with E-state index in [1.807, 2.05) is 59.8 Å². The molecule has 1 aromatic heterocycles. The molecule has 0 radical (unpaired) electrons. The second kappa shape index (κ2) is 9.55. The number of carbonyl (C=O) groups is 1. The normalized spacial score (nSPS) is 18.8. The van der Waals surface area contributed by atoms with Crippen molar-refractivity contribution in [3.8, 4) is 0 Å². The molecular formula is C19H28Cl2N4O2. The number of morpholine rings is 1. The number of aryl methyl sites for hydroxylation is 2. The fourth-order valence-corrected chi connectivity index (χ4v) is 3.30. The van der Waals surface area contributed by atoms with E-state index in [4.69, 9.17) is 10.5 Å². The number of benzene rings is 1. The van der Waals surface area contributed by atoms with E-state index in [0.717, 1.165) is 17.0 Å². The molecule has 1 amide bonds. The van der Waals surface area contributed by atoms with E-state index in [9.17, 15) is 4.79 Å². The highest BCUT2D eigenvalue weighted by atomic mass is 35.5. The van der Waals surface area contributed by atoms with Crippen molar-refractivity contribution in [1.82, 2.24) is 14.7 Å². The molecule has 0 bridgehead atoms. The lowest BCUT2D eigenvalue weighted by molar-refractivity contribution is -0.145. The van der Waals surface area contributed by atoms with Crippen molar-refractivity contribution >= 4 is 30.7 Å². The maximum absolute atomic E-state index is 13.0. The second-order valence-electron chi connectivity index (χ2n) is 6.92. The van der Waals surface area contributed by atoms with Crippen molar-refractivity contribution in [2.45, 2.75) is 39.0 Å². The molecule has 2 aromatic rings. The highest BCUT2D eigenvalue weighted by Crippen LogP contribution is 2.22. The highest BCUT2D eigenvalue weighted by molar-refractivity contribution is 5.87. The average molecular weight is 415 g/mol. The third kappa shape index (κ3) is 5.23. The van der Waals surface area contributed by atoms with E-state index in [0.29, 0.717) is 26.2 Å². The summed E-state index contributed by atoms with van der Waals surface area (Å²) in [6.07, 6.45) is -0.0812. The summed E-state index contributed by atoms with van der Waals surface area (Å²) >= 11 is 0. The predicted molar refractivity (Wildman–Crippen MR) is 110 cm³/mol. The summed E-state index contributed by atoms with van der Waals surface area (Å²) in [4.78, 5) is 14.8. The Morgan fingerprint density at radius 1 is 1.30 bits per heavy atom. The molecule has 2 N–H and O–H groups in total. The Balaban J connectivity index is 0.00000182. The summed E-state index contributed by atoms with van der Waals surface area (Å²) in [7, 11) is 0.